The monoisotopic (exact) mass is 388 g/mol. The van der Waals surface area contributed by atoms with Crippen molar-refractivity contribution >= 4 is 37.3 Å². The average molecular weight is 389 g/mol. The fourth-order valence-electron chi connectivity index (χ4n) is 2.68. The van der Waals surface area contributed by atoms with E-state index in [4.69, 9.17) is 0 Å². The standard InChI is InChI=1S/C19H20N2O3S2/c1-2-13-21-16-10-6-7-11-17(16)25-19(21)20-18(22)12-14-26(23,24)15-8-4-3-5-9-15/h3-11H,2,12-14H2,1H3. The van der Waals surface area contributed by atoms with E-state index in [9.17, 15) is 13.2 Å². The molecule has 1 aromatic heterocycles. The van der Waals surface area contributed by atoms with Crippen molar-refractivity contribution in [1.82, 2.24) is 4.57 Å². The van der Waals surface area contributed by atoms with Gasteiger partial charge in [-0.1, -0.05) is 48.6 Å². The Kier molecular flexibility index (Phi) is 5.68. The maximum atomic E-state index is 12.3. The van der Waals surface area contributed by atoms with E-state index in [0.29, 0.717) is 4.80 Å². The number of hydrogen-bond acceptors (Lipinski definition) is 4. The molecule has 0 bridgehead atoms. The van der Waals surface area contributed by atoms with Gasteiger partial charge < -0.3 is 4.57 Å². The number of para-hydroxylation sites is 1. The third kappa shape index (κ3) is 4.11. The molecule has 0 saturated heterocycles. The summed E-state index contributed by atoms with van der Waals surface area (Å²) in [7, 11) is -3.48. The van der Waals surface area contributed by atoms with Crippen LogP contribution in [0.2, 0.25) is 0 Å². The van der Waals surface area contributed by atoms with Crippen molar-refractivity contribution < 1.29 is 13.2 Å². The van der Waals surface area contributed by atoms with Crippen molar-refractivity contribution in [1.29, 1.82) is 0 Å². The summed E-state index contributed by atoms with van der Waals surface area (Å²) >= 11 is 1.45. The number of benzene rings is 2. The first kappa shape index (κ1) is 18.5. The van der Waals surface area contributed by atoms with Crippen LogP contribution in [0.3, 0.4) is 0 Å². The Hall–Kier alpha value is -2.25. The van der Waals surface area contributed by atoms with E-state index in [2.05, 4.69) is 11.9 Å². The van der Waals surface area contributed by atoms with Gasteiger partial charge >= 0.3 is 0 Å². The number of sulfone groups is 1. The minimum absolute atomic E-state index is 0.127. The van der Waals surface area contributed by atoms with Crippen LogP contribution in [-0.2, 0) is 21.2 Å². The Morgan fingerprint density at radius 2 is 1.77 bits per heavy atom. The summed E-state index contributed by atoms with van der Waals surface area (Å²) in [6.45, 7) is 2.83. The van der Waals surface area contributed by atoms with Gasteiger partial charge in [-0.15, -0.1) is 0 Å². The zero-order chi connectivity index (χ0) is 18.6. The van der Waals surface area contributed by atoms with E-state index in [0.717, 1.165) is 23.2 Å². The Bertz CT molecular complexity index is 1080. The first-order valence-electron chi connectivity index (χ1n) is 8.45. The summed E-state index contributed by atoms with van der Waals surface area (Å²) in [4.78, 5) is 17.3. The fourth-order valence-corrected chi connectivity index (χ4v) is 5.00. The van der Waals surface area contributed by atoms with Gasteiger partial charge in [0.15, 0.2) is 14.6 Å². The summed E-state index contributed by atoms with van der Waals surface area (Å²) in [5, 5.41) is 0. The molecule has 0 spiro atoms. The van der Waals surface area contributed by atoms with Crippen LogP contribution in [0.1, 0.15) is 19.8 Å². The van der Waals surface area contributed by atoms with E-state index in [1.165, 1.54) is 23.5 Å². The first-order chi connectivity index (χ1) is 12.5. The maximum absolute atomic E-state index is 12.3. The van der Waals surface area contributed by atoms with Gasteiger partial charge in [-0.25, -0.2) is 8.42 Å². The lowest BCUT2D eigenvalue weighted by atomic mass is 10.3. The highest BCUT2D eigenvalue weighted by atomic mass is 32.2. The van der Waals surface area contributed by atoms with Gasteiger partial charge in [-0.2, -0.15) is 4.99 Å². The van der Waals surface area contributed by atoms with Gasteiger partial charge in [-0.05, 0) is 30.7 Å². The van der Waals surface area contributed by atoms with Crippen molar-refractivity contribution in [3.8, 4) is 0 Å². The second kappa shape index (κ2) is 7.97. The van der Waals surface area contributed by atoms with Crippen LogP contribution in [0.15, 0.2) is 64.5 Å². The lowest BCUT2D eigenvalue weighted by molar-refractivity contribution is -0.117. The summed E-state index contributed by atoms with van der Waals surface area (Å²) in [5.41, 5.74) is 1.04. The lowest BCUT2D eigenvalue weighted by Gasteiger charge is -2.03. The minimum Gasteiger partial charge on any atom is -0.316 e. The molecule has 5 nitrogen and oxygen atoms in total. The molecule has 3 aromatic rings. The van der Waals surface area contributed by atoms with Gasteiger partial charge in [0.25, 0.3) is 0 Å². The molecule has 0 radical (unpaired) electrons. The predicted molar refractivity (Wildman–Crippen MR) is 104 cm³/mol. The maximum Gasteiger partial charge on any atom is 0.249 e. The molecule has 0 fully saturated rings. The number of aryl methyl sites for hydroxylation is 1. The van der Waals surface area contributed by atoms with Crippen molar-refractivity contribution in [2.75, 3.05) is 5.75 Å². The largest absolute Gasteiger partial charge is 0.316 e. The zero-order valence-corrected chi connectivity index (χ0v) is 16.1. The van der Waals surface area contributed by atoms with E-state index >= 15 is 0 Å². The number of carbonyl (C=O) groups is 1. The van der Waals surface area contributed by atoms with E-state index in [1.807, 2.05) is 28.8 Å². The Morgan fingerprint density at radius 3 is 2.50 bits per heavy atom. The van der Waals surface area contributed by atoms with Crippen molar-refractivity contribution in [2.45, 2.75) is 31.2 Å². The van der Waals surface area contributed by atoms with Crippen LogP contribution in [0, 0.1) is 0 Å². The third-order valence-electron chi connectivity index (χ3n) is 3.94. The molecule has 0 atom stereocenters. The number of hydrogen-bond donors (Lipinski definition) is 0. The summed E-state index contributed by atoms with van der Waals surface area (Å²) in [6, 6.07) is 16.1. The van der Waals surface area contributed by atoms with Crippen molar-refractivity contribution in [3.63, 3.8) is 0 Å². The zero-order valence-electron chi connectivity index (χ0n) is 14.5. The smallest absolute Gasteiger partial charge is 0.249 e. The van der Waals surface area contributed by atoms with Crippen LogP contribution in [0.5, 0.6) is 0 Å². The highest BCUT2D eigenvalue weighted by molar-refractivity contribution is 7.91. The second-order valence-electron chi connectivity index (χ2n) is 5.89. The first-order valence-corrected chi connectivity index (χ1v) is 10.9. The molecule has 0 saturated carbocycles. The van der Waals surface area contributed by atoms with Gasteiger partial charge in [0, 0.05) is 13.0 Å². The van der Waals surface area contributed by atoms with Crippen molar-refractivity contribution in [3.05, 3.63) is 59.4 Å². The molecule has 0 aliphatic heterocycles. The topological polar surface area (TPSA) is 68.5 Å². The number of rotatable bonds is 6. The van der Waals surface area contributed by atoms with Crippen LogP contribution < -0.4 is 4.80 Å². The molecule has 1 amide bonds. The number of fused-ring (bicyclic) bond motifs is 1. The van der Waals surface area contributed by atoms with Crippen LogP contribution in [0.25, 0.3) is 10.2 Å². The van der Waals surface area contributed by atoms with Crippen LogP contribution in [-0.4, -0.2) is 24.6 Å². The van der Waals surface area contributed by atoms with Gasteiger partial charge in [0.05, 0.1) is 20.9 Å². The second-order valence-corrected chi connectivity index (χ2v) is 9.01. The molecular weight excluding hydrogens is 368 g/mol. The Morgan fingerprint density at radius 1 is 1.08 bits per heavy atom. The molecule has 0 unspecified atom stereocenters. The molecule has 7 heteroatoms. The summed E-state index contributed by atoms with van der Waals surface area (Å²) in [5.74, 6) is -0.654. The molecule has 3 rings (SSSR count). The quantitative estimate of drug-likeness (QED) is 0.650. The lowest BCUT2D eigenvalue weighted by Crippen LogP contribution is -2.18. The predicted octanol–water partition coefficient (Wildman–Crippen LogP) is 3.40. The average Bonchev–Trinajstić information content (AvgIpc) is 2.99. The molecule has 0 aliphatic rings. The number of amides is 1. The van der Waals surface area contributed by atoms with E-state index < -0.39 is 15.7 Å². The Balaban J connectivity index is 1.83. The van der Waals surface area contributed by atoms with Crippen molar-refractivity contribution in [2.24, 2.45) is 4.99 Å². The van der Waals surface area contributed by atoms with Crippen LogP contribution in [0.4, 0.5) is 0 Å². The summed E-state index contributed by atoms with van der Waals surface area (Å²) < 4.78 is 27.7. The van der Waals surface area contributed by atoms with Gasteiger partial charge in [-0.3, -0.25) is 4.79 Å². The molecule has 26 heavy (non-hydrogen) atoms. The molecule has 0 N–H and O–H groups in total. The summed E-state index contributed by atoms with van der Waals surface area (Å²) in [6.07, 6.45) is 0.794. The number of nitrogens with zero attached hydrogens (tertiary/aromatic N) is 2. The third-order valence-corrected chi connectivity index (χ3v) is 6.73. The highest BCUT2D eigenvalue weighted by Gasteiger charge is 2.16. The molecule has 1 heterocycles. The Labute approximate surface area is 156 Å². The van der Waals surface area contributed by atoms with Gasteiger partial charge in [0.1, 0.15) is 0 Å². The highest BCUT2D eigenvalue weighted by Crippen LogP contribution is 2.17. The fraction of sp³-hybridized carbons (Fsp3) is 0.263. The number of carbonyl (C=O) groups excluding carboxylic acids is 1. The molecule has 0 aliphatic carbocycles. The molecule has 136 valence electrons. The minimum atomic E-state index is -3.48. The SMILES string of the molecule is CCCn1c(=NC(=O)CCS(=O)(=O)c2ccccc2)sc2ccccc21. The number of aromatic nitrogens is 1. The van der Waals surface area contributed by atoms with Crippen LogP contribution >= 0.6 is 11.3 Å². The molecular formula is C19H20N2O3S2. The normalized spacial score (nSPS) is 12.6. The van der Waals surface area contributed by atoms with Gasteiger partial charge in [0.2, 0.25) is 5.91 Å². The molecule has 2 aromatic carbocycles. The number of thiazole rings is 1. The van der Waals surface area contributed by atoms with E-state index in [-0.39, 0.29) is 17.1 Å². The van der Waals surface area contributed by atoms with E-state index in [1.54, 1.807) is 18.2 Å².